The van der Waals surface area contributed by atoms with Gasteiger partial charge in [-0.1, -0.05) is 39.5 Å². The summed E-state index contributed by atoms with van der Waals surface area (Å²) in [6, 6.07) is 0. The molecule has 0 unspecified atom stereocenters. The van der Waals surface area contributed by atoms with E-state index in [1.165, 1.54) is 25.7 Å². The Morgan fingerprint density at radius 3 is 1.42 bits per heavy atom. The van der Waals surface area contributed by atoms with Crippen molar-refractivity contribution in [3.05, 3.63) is 0 Å². The third-order valence-electron chi connectivity index (χ3n) is 0.957. The van der Waals surface area contributed by atoms with Crippen LogP contribution in [0.4, 0.5) is 0 Å². The number of hydrogen-bond donors (Lipinski definition) is 2. The van der Waals surface area contributed by atoms with Gasteiger partial charge in [-0.05, 0) is 0 Å². The van der Waals surface area contributed by atoms with Crippen molar-refractivity contribution in [3.63, 3.8) is 0 Å². The number of hydrogen-bond acceptors (Lipinski definition) is 2. The second-order valence-electron chi connectivity index (χ2n) is 2.23. The number of carboxylic acids is 1. The smallest absolute Gasteiger partial charge is 0.300 e. The van der Waals surface area contributed by atoms with Crippen LogP contribution in [0.5, 0.6) is 0 Å². The molecule has 0 atom stereocenters. The summed E-state index contributed by atoms with van der Waals surface area (Å²) in [6.07, 6.45) is 5.54. The quantitative estimate of drug-likeness (QED) is 0.650. The molecule has 4 heteroatoms. The highest BCUT2D eigenvalue weighted by molar-refractivity contribution is 5.62. The van der Waals surface area contributed by atoms with Gasteiger partial charge in [0.05, 0.1) is 0 Å². The van der Waals surface area contributed by atoms with Crippen LogP contribution < -0.4 is 6.15 Å². The highest BCUT2D eigenvalue weighted by Crippen LogP contribution is 1.95. The van der Waals surface area contributed by atoms with Gasteiger partial charge in [0.25, 0.3) is 5.97 Å². The second kappa shape index (κ2) is 22.4. The van der Waals surface area contributed by atoms with Gasteiger partial charge in [-0.3, -0.25) is 4.79 Å². The number of carboxylic acid groups (broad SMARTS) is 1. The predicted molar refractivity (Wildman–Crippen MR) is 51.8 cm³/mol. The van der Waals surface area contributed by atoms with E-state index in [9.17, 15) is 0 Å². The van der Waals surface area contributed by atoms with E-state index in [1.807, 2.05) is 0 Å². The van der Waals surface area contributed by atoms with Gasteiger partial charge in [0, 0.05) is 6.92 Å². The first-order valence-corrected chi connectivity index (χ1v) is 3.84. The molecule has 0 aromatic heterocycles. The maximum Gasteiger partial charge on any atom is 0.300 e. The second-order valence-corrected chi connectivity index (χ2v) is 2.23. The van der Waals surface area contributed by atoms with Crippen molar-refractivity contribution in [2.45, 2.75) is 46.5 Å². The van der Waals surface area contributed by atoms with E-state index >= 15 is 0 Å². The summed E-state index contributed by atoms with van der Waals surface area (Å²) in [5.41, 5.74) is 0. The minimum Gasteiger partial charge on any atom is -0.481 e. The maximum absolute atomic E-state index is 9.00. The first-order chi connectivity index (χ1) is 4.65. The molecule has 4 nitrogen and oxygen atoms in total. The minimum absolute atomic E-state index is 0. The number of aliphatic carboxylic acids is 1. The van der Waals surface area contributed by atoms with Gasteiger partial charge >= 0.3 is 0 Å². The summed E-state index contributed by atoms with van der Waals surface area (Å²) < 4.78 is 0. The van der Waals surface area contributed by atoms with Crippen molar-refractivity contribution < 1.29 is 15.4 Å². The summed E-state index contributed by atoms with van der Waals surface area (Å²) in [4.78, 5) is 9.00. The third kappa shape index (κ3) is 116. The molecular formula is C8H23NO3. The van der Waals surface area contributed by atoms with Gasteiger partial charge in [0.1, 0.15) is 0 Å². The zero-order chi connectivity index (χ0) is 8.41. The van der Waals surface area contributed by atoms with Crippen LogP contribution in [0.25, 0.3) is 0 Å². The summed E-state index contributed by atoms with van der Waals surface area (Å²) >= 11 is 0. The van der Waals surface area contributed by atoms with Crippen molar-refractivity contribution in [3.8, 4) is 0 Å². The van der Waals surface area contributed by atoms with Gasteiger partial charge < -0.3 is 16.7 Å². The number of unbranched alkanes of at least 4 members (excludes halogenated alkanes) is 3. The molecule has 0 aromatic rings. The van der Waals surface area contributed by atoms with Crippen LogP contribution in [0.3, 0.4) is 0 Å². The molecule has 12 heavy (non-hydrogen) atoms. The topological polar surface area (TPSA) is 104 Å². The van der Waals surface area contributed by atoms with Gasteiger partial charge in [-0.2, -0.15) is 0 Å². The molecule has 0 saturated carbocycles. The van der Waals surface area contributed by atoms with E-state index in [4.69, 9.17) is 9.90 Å². The van der Waals surface area contributed by atoms with Crippen LogP contribution in [0.1, 0.15) is 46.5 Å². The molecule has 0 heterocycles. The van der Waals surface area contributed by atoms with E-state index < -0.39 is 5.97 Å². The largest absolute Gasteiger partial charge is 0.481 e. The summed E-state index contributed by atoms with van der Waals surface area (Å²) in [6.45, 7) is 5.55. The fourth-order valence-electron chi connectivity index (χ4n) is 0.500. The van der Waals surface area contributed by atoms with E-state index in [-0.39, 0.29) is 11.6 Å². The SMILES string of the molecule is CC(=O)O.CCCCCC.N.O. The Kier molecular flexibility index (Phi) is 42.1. The average molecular weight is 181 g/mol. The molecule has 0 amide bonds. The van der Waals surface area contributed by atoms with Crippen LogP contribution in [-0.4, -0.2) is 16.6 Å². The average Bonchev–Trinajstić information content (AvgIpc) is 1.82. The van der Waals surface area contributed by atoms with Gasteiger partial charge in [0.15, 0.2) is 0 Å². The summed E-state index contributed by atoms with van der Waals surface area (Å²) in [5.74, 6) is -0.833. The zero-order valence-electron chi connectivity index (χ0n) is 8.39. The number of rotatable bonds is 3. The molecule has 0 spiro atoms. The minimum atomic E-state index is -0.833. The van der Waals surface area contributed by atoms with Crippen LogP contribution >= 0.6 is 0 Å². The monoisotopic (exact) mass is 181 g/mol. The first-order valence-electron chi connectivity index (χ1n) is 3.84. The van der Waals surface area contributed by atoms with Gasteiger partial charge in [-0.15, -0.1) is 0 Å². The molecule has 0 saturated heterocycles. The molecule has 0 fully saturated rings. The van der Waals surface area contributed by atoms with E-state index in [0.717, 1.165) is 6.92 Å². The van der Waals surface area contributed by atoms with Crippen molar-refractivity contribution in [2.75, 3.05) is 0 Å². The lowest BCUT2D eigenvalue weighted by atomic mass is 10.2. The molecule has 0 aliphatic carbocycles. The summed E-state index contributed by atoms with van der Waals surface area (Å²) in [5, 5.41) is 7.42. The van der Waals surface area contributed by atoms with Gasteiger partial charge in [-0.25, -0.2) is 0 Å². The fourth-order valence-corrected chi connectivity index (χ4v) is 0.500. The van der Waals surface area contributed by atoms with Crippen molar-refractivity contribution in [2.24, 2.45) is 0 Å². The third-order valence-corrected chi connectivity index (χ3v) is 0.957. The molecule has 0 bridgehead atoms. The Balaban J connectivity index is -0.0000000483. The van der Waals surface area contributed by atoms with Crippen LogP contribution in [0, 0.1) is 0 Å². The lowest BCUT2D eigenvalue weighted by Gasteiger charge is -1.86. The van der Waals surface area contributed by atoms with Crippen molar-refractivity contribution >= 4 is 5.97 Å². The van der Waals surface area contributed by atoms with Gasteiger partial charge in [0.2, 0.25) is 0 Å². The normalized spacial score (nSPS) is 6.58. The van der Waals surface area contributed by atoms with Crippen molar-refractivity contribution in [1.82, 2.24) is 6.15 Å². The van der Waals surface area contributed by atoms with E-state index in [1.54, 1.807) is 0 Å². The summed E-state index contributed by atoms with van der Waals surface area (Å²) in [7, 11) is 0. The highest BCUT2D eigenvalue weighted by Gasteiger charge is 1.75. The Bertz CT molecular complexity index is 68.7. The highest BCUT2D eigenvalue weighted by atomic mass is 16.4. The Morgan fingerprint density at radius 1 is 1.17 bits per heavy atom. The molecular weight excluding hydrogens is 158 g/mol. The molecule has 0 aliphatic heterocycles. The molecule has 78 valence electrons. The zero-order valence-corrected chi connectivity index (χ0v) is 8.39. The molecule has 0 aromatic carbocycles. The van der Waals surface area contributed by atoms with Crippen molar-refractivity contribution in [1.29, 1.82) is 0 Å². The van der Waals surface area contributed by atoms with Crippen LogP contribution in [0.15, 0.2) is 0 Å². The van der Waals surface area contributed by atoms with Crippen LogP contribution in [-0.2, 0) is 4.79 Å². The van der Waals surface area contributed by atoms with E-state index in [2.05, 4.69) is 13.8 Å². The molecule has 0 rings (SSSR count). The Morgan fingerprint density at radius 2 is 1.33 bits per heavy atom. The molecule has 0 aliphatic rings. The molecule has 0 radical (unpaired) electrons. The standard InChI is InChI=1S/C6H14.C2H4O2.H3N.H2O/c1-3-5-6-4-2;1-2(3)4;;/h3-6H2,1-2H3;1H3,(H,3,4);1H3;1H2. The van der Waals surface area contributed by atoms with E-state index in [0.29, 0.717) is 0 Å². The Labute approximate surface area is 74.9 Å². The van der Waals surface area contributed by atoms with Crippen LogP contribution in [0.2, 0.25) is 0 Å². The predicted octanol–water partition coefficient (Wildman–Crippen LogP) is 2.01. The lowest BCUT2D eigenvalue weighted by Crippen LogP contribution is -1.78. The first kappa shape index (κ1) is 22.5. The Hall–Kier alpha value is -0.610. The number of carbonyl (C=O) groups is 1. The fraction of sp³-hybridized carbons (Fsp3) is 0.875. The maximum atomic E-state index is 9.00. The molecule has 6 N–H and O–H groups in total. The lowest BCUT2D eigenvalue weighted by molar-refractivity contribution is -0.134.